The molecule has 2 heterocycles. The van der Waals surface area contributed by atoms with Crippen LogP contribution in [-0.4, -0.2) is 28.8 Å². The summed E-state index contributed by atoms with van der Waals surface area (Å²) in [7, 11) is 2.21. The number of benzene rings is 1. The summed E-state index contributed by atoms with van der Waals surface area (Å²) < 4.78 is 7.32. The van der Waals surface area contributed by atoms with Gasteiger partial charge in [0, 0.05) is 30.0 Å². The van der Waals surface area contributed by atoms with Crippen LogP contribution >= 0.6 is 0 Å². The van der Waals surface area contributed by atoms with Gasteiger partial charge in [0.15, 0.2) is 0 Å². The van der Waals surface area contributed by atoms with Crippen LogP contribution in [0.3, 0.4) is 0 Å². The summed E-state index contributed by atoms with van der Waals surface area (Å²) in [6, 6.07) is 2.42. The maximum Gasteiger partial charge on any atom is 0.128 e. The second-order valence-electron chi connectivity index (χ2n) is 11.3. The third-order valence-corrected chi connectivity index (χ3v) is 9.55. The van der Waals surface area contributed by atoms with Crippen molar-refractivity contribution in [2.45, 2.75) is 91.5 Å². The maximum absolute atomic E-state index is 10.9. The summed E-state index contributed by atoms with van der Waals surface area (Å²) in [4.78, 5) is 2.40. The lowest BCUT2D eigenvalue weighted by molar-refractivity contribution is -0.233. The highest BCUT2D eigenvalue weighted by atomic mass is 16.5. The molecule has 5 rings (SSSR count). The summed E-state index contributed by atoms with van der Waals surface area (Å²) >= 11 is 0. The molecule has 0 bridgehead atoms. The van der Waals surface area contributed by atoms with Gasteiger partial charge in [-0.1, -0.05) is 33.8 Å². The molecular weight excluding hydrogens is 346 g/mol. The number of ether oxygens (including phenoxy) is 1. The zero-order valence-electron chi connectivity index (χ0n) is 18.6. The minimum Gasteiger partial charge on any atom is -0.486 e. The molecule has 1 N–H and O–H groups in total. The van der Waals surface area contributed by atoms with Gasteiger partial charge >= 0.3 is 0 Å². The van der Waals surface area contributed by atoms with E-state index in [9.17, 15) is 5.11 Å². The van der Waals surface area contributed by atoms with Gasteiger partial charge in [-0.25, -0.2) is 0 Å². The molecule has 1 spiro atoms. The van der Waals surface area contributed by atoms with Crippen LogP contribution in [-0.2, 0) is 19.5 Å². The molecule has 28 heavy (non-hydrogen) atoms. The molecule has 2 saturated carbocycles. The highest BCUT2D eigenvalue weighted by Gasteiger charge is 2.67. The summed E-state index contributed by atoms with van der Waals surface area (Å²) in [5.74, 6) is 2.26. The molecule has 3 nitrogen and oxygen atoms in total. The van der Waals surface area contributed by atoms with E-state index < -0.39 is 0 Å². The van der Waals surface area contributed by atoms with E-state index in [0.717, 1.165) is 32.4 Å². The average molecular weight is 384 g/mol. The first-order chi connectivity index (χ1) is 13.1. The number of hydrogen-bond acceptors (Lipinski definition) is 3. The highest BCUT2D eigenvalue weighted by molar-refractivity contribution is 5.55. The third-order valence-electron chi connectivity index (χ3n) is 9.55. The molecule has 2 aliphatic carbocycles. The predicted molar refractivity (Wildman–Crippen MR) is 112 cm³/mol. The zero-order chi connectivity index (χ0) is 20.1. The molecule has 0 amide bonds. The van der Waals surface area contributed by atoms with Crippen LogP contribution < -0.4 is 4.74 Å². The fourth-order valence-electron chi connectivity index (χ4n) is 7.50. The van der Waals surface area contributed by atoms with Crippen molar-refractivity contribution >= 4 is 0 Å². The molecule has 2 aliphatic heterocycles. The Balaban J connectivity index is 1.71. The molecule has 0 radical (unpaired) electrons. The number of fused-ring (bicyclic) bond motifs is 3. The van der Waals surface area contributed by atoms with E-state index in [1.54, 1.807) is 0 Å². The number of nitrogens with zero attached hydrogens (tertiary/aromatic N) is 1. The summed E-state index contributed by atoms with van der Waals surface area (Å²) in [5, 5.41) is 10.9. The Morgan fingerprint density at radius 2 is 1.86 bits per heavy atom. The van der Waals surface area contributed by atoms with Gasteiger partial charge in [-0.2, -0.15) is 0 Å². The predicted octanol–water partition coefficient (Wildman–Crippen LogP) is 4.85. The van der Waals surface area contributed by atoms with Gasteiger partial charge in [0.1, 0.15) is 11.4 Å². The first kappa shape index (κ1) is 18.9. The van der Waals surface area contributed by atoms with Crippen molar-refractivity contribution in [2.24, 2.45) is 22.7 Å². The molecule has 1 aromatic rings. The minimum atomic E-state index is -0.222. The fraction of sp³-hybridized carbons (Fsp3) is 0.760. The van der Waals surface area contributed by atoms with E-state index in [4.69, 9.17) is 4.74 Å². The smallest absolute Gasteiger partial charge is 0.128 e. The molecule has 4 aliphatic rings. The number of hydrogen-bond donors (Lipinski definition) is 1. The molecule has 0 aromatic heterocycles. The van der Waals surface area contributed by atoms with Crippen molar-refractivity contribution < 1.29 is 9.84 Å². The van der Waals surface area contributed by atoms with E-state index in [1.165, 1.54) is 40.8 Å². The molecule has 3 heteroatoms. The van der Waals surface area contributed by atoms with E-state index >= 15 is 0 Å². The van der Waals surface area contributed by atoms with Gasteiger partial charge in [0.25, 0.3) is 0 Å². The number of aliphatic hydroxyl groups is 1. The second-order valence-corrected chi connectivity index (χ2v) is 11.3. The molecule has 0 saturated heterocycles. The van der Waals surface area contributed by atoms with Gasteiger partial charge in [-0.3, -0.25) is 4.90 Å². The quantitative estimate of drug-likeness (QED) is 0.695. The first-order valence-electron chi connectivity index (χ1n) is 11.3. The molecular formula is C25H37NO2. The summed E-state index contributed by atoms with van der Waals surface area (Å²) in [5.41, 5.74) is 5.63. The Kier molecular flexibility index (Phi) is 3.89. The van der Waals surface area contributed by atoms with Crippen molar-refractivity contribution in [3.63, 3.8) is 0 Å². The van der Waals surface area contributed by atoms with Crippen LogP contribution in [0.4, 0.5) is 0 Å². The third kappa shape index (κ3) is 2.18. The van der Waals surface area contributed by atoms with Crippen LogP contribution in [0.2, 0.25) is 0 Å². The van der Waals surface area contributed by atoms with Crippen LogP contribution in [0.5, 0.6) is 5.75 Å². The largest absolute Gasteiger partial charge is 0.486 e. The van der Waals surface area contributed by atoms with Crippen LogP contribution in [0, 0.1) is 29.6 Å². The standard InChI is InChI=1S/C25H37NO2/c1-15-11-17-13-26(6)14-19(17)22-18(15)12-24(5)16(2)7-8-20-23(3,4)21(27)9-10-25(20,24)28-22/h11,16,20-21,27H,7-10,12-14H2,1-6H3/t16-,20?,21?,24+,25?/m0/s1. The minimum absolute atomic E-state index is 0.0963. The zero-order valence-corrected chi connectivity index (χ0v) is 18.6. The van der Waals surface area contributed by atoms with E-state index in [0.29, 0.717) is 11.8 Å². The molecule has 154 valence electrons. The topological polar surface area (TPSA) is 32.7 Å². The van der Waals surface area contributed by atoms with Gasteiger partial charge in [-0.15, -0.1) is 0 Å². The highest BCUT2D eigenvalue weighted by Crippen LogP contribution is 2.66. The van der Waals surface area contributed by atoms with Crippen LogP contribution in [0.1, 0.15) is 75.6 Å². The van der Waals surface area contributed by atoms with Crippen LogP contribution in [0.25, 0.3) is 0 Å². The van der Waals surface area contributed by atoms with Crippen molar-refractivity contribution in [3.8, 4) is 5.75 Å². The average Bonchev–Trinajstić information content (AvgIpc) is 2.99. The lowest BCUT2D eigenvalue weighted by Gasteiger charge is -2.67. The Hall–Kier alpha value is -1.06. The fourth-order valence-corrected chi connectivity index (χ4v) is 7.50. The molecule has 2 fully saturated rings. The van der Waals surface area contributed by atoms with Crippen molar-refractivity contribution in [1.29, 1.82) is 0 Å². The number of aryl methyl sites for hydroxylation is 1. The lowest BCUT2D eigenvalue weighted by atomic mass is 9.43. The molecule has 5 atom stereocenters. The first-order valence-corrected chi connectivity index (χ1v) is 11.3. The van der Waals surface area contributed by atoms with Gasteiger partial charge in [0.05, 0.1) is 6.10 Å². The maximum atomic E-state index is 10.9. The summed E-state index contributed by atoms with van der Waals surface area (Å²) in [6.07, 6.45) is 5.15. The SMILES string of the molecule is Cc1cc2c(c3c1C[C@]1(C)[C@@H](C)CCC4C(C)(C)C(O)CCC41O3)CN(C)C2. The van der Waals surface area contributed by atoms with Crippen molar-refractivity contribution in [1.82, 2.24) is 4.90 Å². The monoisotopic (exact) mass is 383 g/mol. The summed E-state index contributed by atoms with van der Waals surface area (Å²) in [6.45, 7) is 13.8. The number of aliphatic hydroxyl groups excluding tert-OH is 1. The van der Waals surface area contributed by atoms with Gasteiger partial charge in [-0.05, 0) is 74.1 Å². The second kappa shape index (κ2) is 5.76. The van der Waals surface area contributed by atoms with Gasteiger partial charge < -0.3 is 9.84 Å². The lowest BCUT2D eigenvalue weighted by Crippen LogP contribution is -2.70. The van der Waals surface area contributed by atoms with Crippen molar-refractivity contribution in [2.75, 3.05) is 7.05 Å². The Morgan fingerprint density at radius 1 is 1.11 bits per heavy atom. The Labute approximate surface area is 170 Å². The van der Waals surface area contributed by atoms with Gasteiger partial charge in [0.2, 0.25) is 0 Å². The van der Waals surface area contributed by atoms with Crippen LogP contribution in [0.15, 0.2) is 6.07 Å². The molecule has 3 unspecified atom stereocenters. The Bertz CT molecular complexity index is 830. The number of rotatable bonds is 0. The van der Waals surface area contributed by atoms with Crippen molar-refractivity contribution in [3.05, 3.63) is 28.3 Å². The van der Waals surface area contributed by atoms with E-state index in [1.807, 2.05) is 0 Å². The normalized spacial score (nSPS) is 41.5. The Morgan fingerprint density at radius 3 is 2.61 bits per heavy atom. The van der Waals surface area contributed by atoms with E-state index in [-0.39, 0.29) is 22.5 Å². The molecule has 1 aromatic carbocycles. The van der Waals surface area contributed by atoms with E-state index in [2.05, 4.69) is 52.6 Å².